The first-order valence-corrected chi connectivity index (χ1v) is 16.3. The molecule has 0 fully saturated rings. The van der Waals surface area contributed by atoms with E-state index in [1.165, 1.54) is 18.4 Å². The topological polar surface area (TPSA) is 96.9 Å². The third kappa shape index (κ3) is 6.29. The Hall–Kier alpha value is -5.22. The molecular formula is C37H36N4O5S. The number of hydrogen-bond acceptors (Lipinski definition) is 8. The van der Waals surface area contributed by atoms with E-state index in [0.717, 1.165) is 52.2 Å². The summed E-state index contributed by atoms with van der Waals surface area (Å²) in [5.41, 5.74) is 5.57. The number of aromatic nitrogens is 3. The number of methoxy groups -OCH3 is 2. The largest absolute Gasteiger partial charge is 0.497 e. The van der Waals surface area contributed by atoms with E-state index in [-0.39, 0.29) is 5.56 Å². The highest BCUT2D eigenvalue weighted by Gasteiger charge is 2.33. The van der Waals surface area contributed by atoms with Gasteiger partial charge in [0.2, 0.25) is 0 Å². The molecule has 0 spiro atoms. The average molecular weight is 649 g/mol. The maximum absolute atomic E-state index is 14.3. The Kier molecular flexibility index (Phi) is 9.22. The molecule has 1 aliphatic rings. The number of carbonyl (C=O) groups excluding carboxylic acids is 1. The van der Waals surface area contributed by atoms with Gasteiger partial charge in [0.15, 0.2) is 4.80 Å². The summed E-state index contributed by atoms with van der Waals surface area (Å²) in [6, 6.07) is 22.5. The van der Waals surface area contributed by atoms with Crippen molar-refractivity contribution in [2.45, 2.75) is 39.7 Å². The lowest BCUT2D eigenvalue weighted by atomic mass is 9.96. The second-order valence-electron chi connectivity index (χ2n) is 11.2. The van der Waals surface area contributed by atoms with E-state index in [4.69, 9.17) is 24.3 Å². The molecule has 1 aliphatic heterocycles. The summed E-state index contributed by atoms with van der Waals surface area (Å²) in [6.07, 6.45) is 5.84. The molecule has 5 aromatic rings. The van der Waals surface area contributed by atoms with E-state index in [9.17, 15) is 9.59 Å². The Morgan fingerprint density at radius 1 is 1.02 bits per heavy atom. The summed E-state index contributed by atoms with van der Waals surface area (Å²) >= 11 is 1.27. The first-order valence-electron chi connectivity index (χ1n) is 15.5. The first-order chi connectivity index (χ1) is 22.8. The molecular weight excluding hydrogens is 612 g/mol. The number of nitrogens with zero attached hydrogens (tertiary/aromatic N) is 4. The van der Waals surface area contributed by atoms with Gasteiger partial charge in [0.1, 0.15) is 17.2 Å². The lowest BCUT2D eigenvalue weighted by molar-refractivity contribution is -0.136. The van der Waals surface area contributed by atoms with Crippen LogP contribution in [-0.4, -0.2) is 41.1 Å². The first kappa shape index (κ1) is 31.7. The molecule has 1 atom stereocenters. The van der Waals surface area contributed by atoms with Crippen molar-refractivity contribution < 1.29 is 19.0 Å². The number of benzene rings is 3. The molecule has 0 saturated carbocycles. The van der Waals surface area contributed by atoms with Crippen LogP contribution >= 0.6 is 11.3 Å². The highest BCUT2D eigenvalue weighted by Crippen LogP contribution is 2.32. The van der Waals surface area contributed by atoms with Crippen molar-refractivity contribution >= 4 is 23.4 Å². The van der Waals surface area contributed by atoms with Gasteiger partial charge in [0, 0.05) is 17.3 Å². The van der Waals surface area contributed by atoms with E-state index in [1.807, 2.05) is 90.6 Å². The minimum atomic E-state index is -0.721. The molecule has 10 heteroatoms. The van der Waals surface area contributed by atoms with Crippen molar-refractivity contribution in [1.82, 2.24) is 14.3 Å². The Morgan fingerprint density at radius 3 is 2.47 bits per heavy atom. The number of unbranched alkanes of at least 4 members (excludes halogenated alkanes) is 1. The van der Waals surface area contributed by atoms with Crippen LogP contribution in [0.5, 0.6) is 11.5 Å². The number of para-hydroxylation sites is 1. The van der Waals surface area contributed by atoms with E-state index in [0.29, 0.717) is 33.0 Å². The summed E-state index contributed by atoms with van der Waals surface area (Å²) in [7, 11) is 2.92. The molecule has 47 heavy (non-hydrogen) atoms. The Balaban J connectivity index is 1.51. The second-order valence-corrected chi connectivity index (χ2v) is 12.3. The fourth-order valence-corrected chi connectivity index (χ4v) is 6.69. The van der Waals surface area contributed by atoms with Gasteiger partial charge >= 0.3 is 5.97 Å². The number of ether oxygens (including phenoxy) is 3. The zero-order valence-corrected chi connectivity index (χ0v) is 27.8. The molecule has 0 N–H and O–H groups in total. The summed E-state index contributed by atoms with van der Waals surface area (Å²) in [4.78, 5) is 32.5. The highest BCUT2D eigenvalue weighted by atomic mass is 32.1. The van der Waals surface area contributed by atoms with Crippen LogP contribution in [0.15, 0.2) is 100 Å². The van der Waals surface area contributed by atoms with Crippen molar-refractivity contribution in [3.63, 3.8) is 0 Å². The molecule has 0 saturated heterocycles. The third-order valence-corrected chi connectivity index (χ3v) is 9.10. The maximum Gasteiger partial charge on any atom is 0.338 e. The van der Waals surface area contributed by atoms with E-state index in [1.54, 1.807) is 18.6 Å². The molecule has 240 valence electrons. The lowest BCUT2D eigenvalue weighted by Crippen LogP contribution is -2.39. The molecule has 0 aliphatic carbocycles. The van der Waals surface area contributed by atoms with Gasteiger partial charge in [0.05, 0.1) is 48.4 Å². The predicted molar refractivity (Wildman–Crippen MR) is 183 cm³/mol. The van der Waals surface area contributed by atoms with Crippen molar-refractivity contribution in [2.24, 2.45) is 4.99 Å². The zero-order chi connectivity index (χ0) is 33.1. The average Bonchev–Trinajstić information content (AvgIpc) is 3.65. The van der Waals surface area contributed by atoms with E-state index >= 15 is 0 Å². The van der Waals surface area contributed by atoms with E-state index < -0.39 is 12.0 Å². The van der Waals surface area contributed by atoms with Gasteiger partial charge < -0.3 is 14.2 Å². The Bertz CT molecular complexity index is 2140. The van der Waals surface area contributed by atoms with E-state index in [2.05, 4.69) is 13.0 Å². The van der Waals surface area contributed by atoms with Crippen LogP contribution in [0, 0.1) is 6.92 Å². The number of carbonyl (C=O) groups is 1. The number of aryl methyl sites for hydroxylation is 1. The van der Waals surface area contributed by atoms with Crippen LogP contribution < -0.4 is 24.4 Å². The SMILES string of the molecule is CCCCOc1ccc(-c2nn(-c3ccccc3)cc2/C=c2\sc3n(c2=O)C(c2ccc(OC)cc2)C(C(=O)OC)=C(C)N=3)cc1C. The zero-order valence-electron chi connectivity index (χ0n) is 27.0. The Morgan fingerprint density at radius 2 is 1.79 bits per heavy atom. The van der Waals surface area contributed by atoms with Crippen molar-refractivity contribution in [3.8, 4) is 28.4 Å². The van der Waals surface area contributed by atoms with Crippen LogP contribution in [0.4, 0.5) is 0 Å². The van der Waals surface area contributed by atoms with Crippen LogP contribution in [0.2, 0.25) is 0 Å². The standard InChI is InChI=1S/C37H36N4O5S/c1-6-7-19-46-30-18-15-26(20-23(30)2)33-27(22-40(39-33)28-11-9-8-10-12-28)21-31-35(42)41-34(25-13-16-29(44-4)17-14-25)32(36(43)45-5)24(3)38-37(41)47-31/h8-18,20-22,34H,6-7,19H2,1-5H3/b31-21-. The van der Waals surface area contributed by atoms with Crippen molar-refractivity contribution in [1.29, 1.82) is 0 Å². The maximum atomic E-state index is 14.3. The highest BCUT2D eigenvalue weighted by molar-refractivity contribution is 7.07. The fraction of sp³-hybridized carbons (Fsp3) is 0.243. The van der Waals surface area contributed by atoms with Gasteiger partial charge in [-0.25, -0.2) is 14.5 Å². The summed E-state index contributed by atoms with van der Waals surface area (Å²) in [6.45, 7) is 6.59. The quantitative estimate of drug-likeness (QED) is 0.141. The molecule has 2 aromatic heterocycles. The summed E-state index contributed by atoms with van der Waals surface area (Å²) in [5.74, 6) is 0.973. The van der Waals surface area contributed by atoms with Gasteiger partial charge in [-0.2, -0.15) is 5.10 Å². The number of rotatable bonds is 10. The smallest absolute Gasteiger partial charge is 0.338 e. The van der Waals surface area contributed by atoms with Gasteiger partial charge in [0.25, 0.3) is 5.56 Å². The fourth-order valence-electron chi connectivity index (χ4n) is 5.65. The molecule has 1 unspecified atom stereocenters. The summed E-state index contributed by atoms with van der Waals surface area (Å²) < 4.78 is 20.4. The lowest BCUT2D eigenvalue weighted by Gasteiger charge is -2.24. The van der Waals surface area contributed by atoms with Crippen LogP contribution in [0.1, 0.15) is 49.4 Å². The molecule has 0 radical (unpaired) electrons. The van der Waals surface area contributed by atoms with Crippen LogP contribution in [-0.2, 0) is 9.53 Å². The van der Waals surface area contributed by atoms with Gasteiger partial charge in [-0.3, -0.25) is 9.36 Å². The molecule has 3 heterocycles. The van der Waals surface area contributed by atoms with Gasteiger partial charge in [-0.15, -0.1) is 0 Å². The summed E-state index contributed by atoms with van der Waals surface area (Å²) in [5, 5.41) is 4.98. The van der Waals surface area contributed by atoms with Crippen molar-refractivity contribution in [3.05, 3.63) is 127 Å². The number of allylic oxidation sites excluding steroid dienone is 1. The molecule has 0 amide bonds. The monoisotopic (exact) mass is 648 g/mol. The molecule has 6 rings (SSSR count). The van der Waals surface area contributed by atoms with Gasteiger partial charge in [-0.05, 0) is 79.9 Å². The third-order valence-electron chi connectivity index (χ3n) is 8.11. The van der Waals surface area contributed by atoms with Crippen LogP contribution in [0.3, 0.4) is 0 Å². The number of esters is 1. The number of thiazole rings is 1. The number of fused-ring (bicyclic) bond motifs is 1. The van der Waals surface area contributed by atoms with Crippen molar-refractivity contribution in [2.75, 3.05) is 20.8 Å². The Labute approximate surface area is 276 Å². The van der Waals surface area contributed by atoms with Gasteiger partial charge in [-0.1, -0.05) is 55.0 Å². The molecule has 9 nitrogen and oxygen atoms in total. The predicted octanol–water partition coefficient (Wildman–Crippen LogP) is 5.76. The number of hydrogen-bond donors (Lipinski definition) is 0. The van der Waals surface area contributed by atoms with Crippen LogP contribution in [0.25, 0.3) is 23.0 Å². The minimum Gasteiger partial charge on any atom is -0.497 e. The normalized spacial score (nSPS) is 14.5. The second kappa shape index (κ2) is 13.6. The molecule has 0 bridgehead atoms. The molecule has 3 aromatic carbocycles. The minimum absolute atomic E-state index is 0.266.